The molecule has 0 fully saturated rings. The molecule has 3 nitrogen and oxygen atoms in total. The molecular formula is C40H83NO2. The minimum atomic E-state index is -1.08. The number of unbranched alkanes of at least 4 members (excludes halogenated alkanes) is 26. The summed E-state index contributed by atoms with van der Waals surface area (Å²) in [5, 5.41) is 8.89. The van der Waals surface area contributed by atoms with Gasteiger partial charge in [-0.05, 0) is 52.9 Å². The van der Waals surface area contributed by atoms with Crippen molar-refractivity contribution in [3.05, 3.63) is 0 Å². The molecule has 3 heteroatoms. The number of hydrogen-bond acceptors (Lipinski definition) is 2. The fourth-order valence-electron chi connectivity index (χ4n) is 6.51. The summed E-state index contributed by atoms with van der Waals surface area (Å²) in [6, 6.07) is 0. The summed E-state index contributed by atoms with van der Waals surface area (Å²) in [4.78, 5) is 10.8. The maximum Gasteiger partial charge on any atom is 0.0920 e. The molecule has 0 amide bonds. The summed E-state index contributed by atoms with van der Waals surface area (Å²) < 4.78 is 0. The Labute approximate surface area is 273 Å². The van der Waals surface area contributed by atoms with Crippen LogP contribution in [0.25, 0.3) is 0 Å². The molecule has 0 bridgehead atoms. The summed E-state index contributed by atoms with van der Waals surface area (Å²) in [6.07, 6.45) is 43.6. The Hall–Kier alpha value is -0.570. The lowest BCUT2D eigenvalue weighted by atomic mass is 9.92. The molecule has 0 saturated carbocycles. The van der Waals surface area contributed by atoms with Gasteiger partial charge in [-0.1, -0.05) is 175 Å². The molecule has 260 valence electrons. The van der Waals surface area contributed by atoms with Gasteiger partial charge in [0.15, 0.2) is 0 Å². The van der Waals surface area contributed by atoms with Crippen LogP contribution in [0, 0.1) is 0 Å². The van der Waals surface area contributed by atoms with Gasteiger partial charge in [0.25, 0.3) is 0 Å². The van der Waals surface area contributed by atoms with Crippen molar-refractivity contribution in [3.8, 4) is 0 Å². The molecule has 0 aromatic rings. The highest BCUT2D eigenvalue weighted by Crippen LogP contribution is 2.16. The Morgan fingerprint density at radius 3 is 0.907 bits per heavy atom. The van der Waals surface area contributed by atoms with Gasteiger partial charge in [-0.25, -0.2) is 0 Å². The quantitative estimate of drug-likeness (QED) is 0.0752. The monoisotopic (exact) mass is 610 g/mol. The van der Waals surface area contributed by atoms with Crippen molar-refractivity contribution >= 4 is 5.97 Å². The minimum absolute atomic E-state index is 0.458. The third-order valence-corrected chi connectivity index (χ3v) is 9.53. The maximum atomic E-state index is 8.89. The van der Waals surface area contributed by atoms with E-state index in [0.29, 0.717) is 5.54 Å². The van der Waals surface area contributed by atoms with Crippen LogP contribution in [0.1, 0.15) is 234 Å². The lowest BCUT2D eigenvalue weighted by Crippen LogP contribution is -3.19. The van der Waals surface area contributed by atoms with Crippen LogP contribution in [-0.2, 0) is 4.79 Å². The molecule has 0 radical (unpaired) electrons. The summed E-state index contributed by atoms with van der Waals surface area (Å²) in [5.41, 5.74) is 0.458. The van der Waals surface area contributed by atoms with Gasteiger partial charge >= 0.3 is 0 Å². The van der Waals surface area contributed by atoms with Crippen LogP contribution in [0.15, 0.2) is 0 Å². The Bertz CT molecular complexity index is 509. The van der Waals surface area contributed by atoms with Gasteiger partial charge in [-0.15, -0.1) is 0 Å². The van der Waals surface area contributed by atoms with E-state index in [1.165, 1.54) is 206 Å². The van der Waals surface area contributed by atoms with Crippen molar-refractivity contribution in [1.82, 2.24) is 0 Å². The maximum absolute atomic E-state index is 8.89. The van der Waals surface area contributed by atoms with E-state index < -0.39 is 5.97 Å². The average molecular weight is 610 g/mol. The summed E-state index contributed by atoms with van der Waals surface area (Å²) in [5.74, 6) is -1.08. The number of nitrogens with one attached hydrogen (secondary N) is 1. The minimum Gasteiger partial charge on any atom is -0.550 e. The molecule has 0 aliphatic carbocycles. The first-order chi connectivity index (χ1) is 20.8. The van der Waals surface area contributed by atoms with Gasteiger partial charge in [0.05, 0.1) is 18.6 Å². The second-order valence-corrected chi connectivity index (χ2v) is 14.4. The van der Waals surface area contributed by atoms with E-state index in [-0.39, 0.29) is 0 Å². The van der Waals surface area contributed by atoms with Crippen molar-refractivity contribution in [1.29, 1.82) is 0 Å². The van der Waals surface area contributed by atoms with Gasteiger partial charge in [0.1, 0.15) is 0 Å². The van der Waals surface area contributed by atoms with Crippen LogP contribution in [0.4, 0.5) is 0 Å². The number of quaternary nitrogens is 1. The summed E-state index contributed by atoms with van der Waals surface area (Å²) >= 11 is 0. The number of carboxylic acid groups (broad SMARTS) is 1. The van der Waals surface area contributed by atoms with Crippen LogP contribution in [0.3, 0.4) is 0 Å². The van der Waals surface area contributed by atoms with Crippen molar-refractivity contribution in [2.24, 2.45) is 0 Å². The average Bonchev–Trinajstić information content (AvgIpc) is 2.96. The largest absolute Gasteiger partial charge is 0.550 e. The summed E-state index contributed by atoms with van der Waals surface area (Å²) in [7, 11) is 0. The smallest absolute Gasteiger partial charge is 0.0920 e. The van der Waals surface area contributed by atoms with Crippen LogP contribution < -0.4 is 10.0 Å². The SMILES string of the molecule is CC(=O)[O-].CCCCCCCCCCCCCCCC(C)(C)[NH+](CCCCCCCCCC)CCCCCCCCCC. The van der Waals surface area contributed by atoms with Gasteiger partial charge in [-0.3, -0.25) is 0 Å². The topological polar surface area (TPSA) is 44.6 Å². The Kier molecular flexibility index (Phi) is 37.2. The molecule has 1 N–H and O–H groups in total. The van der Waals surface area contributed by atoms with Crippen LogP contribution in [0.5, 0.6) is 0 Å². The molecule has 43 heavy (non-hydrogen) atoms. The van der Waals surface area contributed by atoms with Crippen molar-refractivity contribution in [3.63, 3.8) is 0 Å². The second-order valence-electron chi connectivity index (χ2n) is 14.4. The number of rotatable bonds is 33. The number of hydrogen-bond donors (Lipinski definition) is 1. The standard InChI is InChI=1S/C38H79N.C2H4O2/c1-6-9-12-15-18-21-22-23-24-25-26-29-32-35-38(4,5)39(36-33-30-27-19-16-13-10-7-2)37-34-31-28-20-17-14-11-8-3;1-2(3)4/h6-37H2,1-5H3;1H3,(H,3,4). The molecule has 0 unspecified atom stereocenters. The number of carboxylic acids is 1. The molecule has 0 spiro atoms. The van der Waals surface area contributed by atoms with Crippen molar-refractivity contribution in [2.75, 3.05) is 13.1 Å². The van der Waals surface area contributed by atoms with E-state index in [0.717, 1.165) is 6.92 Å². The predicted molar refractivity (Wildman–Crippen MR) is 191 cm³/mol. The molecular weight excluding hydrogens is 526 g/mol. The molecule has 0 saturated heterocycles. The molecule has 0 rings (SSSR count). The number of aliphatic carboxylic acids is 1. The van der Waals surface area contributed by atoms with E-state index in [9.17, 15) is 0 Å². The Balaban J connectivity index is 0. The van der Waals surface area contributed by atoms with Gasteiger partial charge in [0.2, 0.25) is 0 Å². The van der Waals surface area contributed by atoms with Gasteiger partial charge < -0.3 is 14.8 Å². The number of carbonyl (C=O) groups is 1. The van der Waals surface area contributed by atoms with Gasteiger partial charge in [-0.2, -0.15) is 0 Å². The van der Waals surface area contributed by atoms with Crippen molar-refractivity contribution < 1.29 is 14.8 Å². The zero-order valence-electron chi connectivity index (χ0n) is 30.9. The van der Waals surface area contributed by atoms with E-state index in [4.69, 9.17) is 9.90 Å². The molecule has 0 heterocycles. The lowest BCUT2D eigenvalue weighted by Gasteiger charge is -2.36. The fraction of sp³-hybridized carbons (Fsp3) is 0.975. The van der Waals surface area contributed by atoms with Crippen LogP contribution in [-0.4, -0.2) is 24.6 Å². The Morgan fingerprint density at radius 1 is 0.442 bits per heavy atom. The summed E-state index contributed by atoms with van der Waals surface area (Å²) in [6.45, 7) is 16.0. The molecule has 0 aromatic heterocycles. The highest BCUT2D eigenvalue weighted by Gasteiger charge is 2.29. The first kappa shape index (κ1) is 44.6. The molecule has 0 aliphatic rings. The zero-order chi connectivity index (χ0) is 32.3. The molecule has 0 aliphatic heterocycles. The van der Waals surface area contributed by atoms with E-state index >= 15 is 0 Å². The predicted octanol–water partition coefficient (Wildman–Crippen LogP) is 11.2. The van der Waals surface area contributed by atoms with Gasteiger partial charge in [0, 0.05) is 12.4 Å². The molecule has 0 aromatic carbocycles. The second kappa shape index (κ2) is 35.9. The van der Waals surface area contributed by atoms with E-state index in [2.05, 4.69) is 34.6 Å². The third-order valence-electron chi connectivity index (χ3n) is 9.53. The first-order valence-corrected chi connectivity index (χ1v) is 19.8. The van der Waals surface area contributed by atoms with E-state index in [1.54, 1.807) is 0 Å². The van der Waals surface area contributed by atoms with Crippen molar-refractivity contribution in [2.45, 2.75) is 240 Å². The number of carbonyl (C=O) groups excluding carboxylic acids is 1. The lowest BCUT2D eigenvalue weighted by molar-refractivity contribution is -0.949. The third kappa shape index (κ3) is 37.5. The first-order valence-electron chi connectivity index (χ1n) is 19.8. The highest BCUT2D eigenvalue weighted by atomic mass is 16.4. The zero-order valence-corrected chi connectivity index (χ0v) is 30.9. The van der Waals surface area contributed by atoms with Crippen LogP contribution in [0.2, 0.25) is 0 Å². The fourth-order valence-corrected chi connectivity index (χ4v) is 6.51. The highest BCUT2D eigenvalue weighted by molar-refractivity contribution is 5.60. The Morgan fingerprint density at radius 2 is 0.651 bits per heavy atom. The van der Waals surface area contributed by atoms with Crippen LogP contribution >= 0.6 is 0 Å². The molecule has 0 atom stereocenters. The normalized spacial score (nSPS) is 11.6. The van der Waals surface area contributed by atoms with E-state index in [1.807, 2.05) is 4.90 Å².